The number of rotatable bonds is 5. The van der Waals surface area contributed by atoms with Crippen molar-refractivity contribution < 1.29 is 9.53 Å². The van der Waals surface area contributed by atoms with Crippen LogP contribution in [0.5, 0.6) is 0 Å². The molecule has 0 radical (unpaired) electrons. The number of benzene rings is 1. The van der Waals surface area contributed by atoms with Crippen LogP contribution in [0.4, 0.5) is 11.5 Å². The van der Waals surface area contributed by atoms with Gasteiger partial charge < -0.3 is 15.4 Å². The van der Waals surface area contributed by atoms with Gasteiger partial charge in [-0.15, -0.1) is 0 Å². The lowest BCUT2D eigenvalue weighted by Gasteiger charge is -2.11. The first kappa shape index (κ1) is 16.0. The van der Waals surface area contributed by atoms with E-state index in [2.05, 4.69) is 31.5 Å². The molecule has 5 nitrogen and oxygen atoms in total. The number of carbonyl (C=O) groups excluding carboxylic acids is 1. The molecule has 2 N–H and O–H groups in total. The molecule has 2 heterocycles. The minimum Gasteiger partial charge on any atom is -0.376 e. The Bertz CT molecular complexity index is 653. The Morgan fingerprint density at radius 1 is 1.26 bits per heavy atom. The zero-order valence-electron chi connectivity index (χ0n) is 12.6. The number of aromatic nitrogens is 1. The summed E-state index contributed by atoms with van der Waals surface area (Å²) in [7, 11) is 0. The van der Waals surface area contributed by atoms with Gasteiger partial charge in [-0.3, -0.25) is 4.79 Å². The van der Waals surface area contributed by atoms with E-state index in [1.807, 2.05) is 30.3 Å². The molecule has 0 aliphatic carbocycles. The lowest BCUT2D eigenvalue weighted by molar-refractivity contribution is 0.102. The van der Waals surface area contributed by atoms with Crippen LogP contribution in [0.2, 0.25) is 0 Å². The molecule has 1 fully saturated rings. The van der Waals surface area contributed by atoms with E-state index in [1.54, 1.807) is 12.3 Å². The van der Waals surface area contributed by atoms with E-state index >= 15 is 0 Å². The van der Waals surface area contributed by atoms with E-state index in [1.165, 1.54) is 0 Å². The Morgan fingerprint density at radius 3 is 2.74 bits per heavy atom. The third-order valence-corrected chi connectivity index (χ3v) is 4.19. The van der Waals surface area contributed by atoms with Gasteiger partial charge in [0.2, 0.25) is 0 Å². The van der Waals surface area contributed by atoms with Crippen molar-refractivity contribution in [2.24, 2.45) is 0 Å². The smallest absolute Gasteiger partial charge is 0.257 e. The van der Waals surface area contributed by atoms with E-state index in [-0.39, 0.29) is 12.0 Å². The van der Waals surface area contributed by atoms with E-state index in [0.29, 0.717) is 5.56 Å². The number of ether oxygens (including phenoxy) is 1. The van der Waals surface area contributed by atoms with Gasteiger partial charge in [-0.1, -0.05) is 15.9 Å². The Hall–Kier alpha value is -1.92. The summed E-state index contributed by atoms with van der Waals surface area (Å²) < 4.78 is 6.52. The van der Waals surface area contributed by atoms with Crippen LogP contribution in [0.25, 0.3) is 0 Å². The molecular formula is C17H18BrN3O2. The van der Waals surface area contributed by atoms with E-state index in [0.717, 1.165) is 42.0 Å². The summed E-state index contributed by atoms with van der Waals surface area (Å²) in [5, 5.41) is 6.08. The lowest BCUT2D eigenvalue weighted by Crippen LogP contribution is -2.19. The predicted octanol–water partition coefficient (Wildman–Crippen LogP) is 3.69. The van der Waals surface area contributed by atoms with Gasteiger partial charge in [-0.2, -0.15) is 0 Å². The highest BCUT2D eigenvalue weighted by Gasteiger charge is 2.15. The maximum Gasteiger partial charge on any atom is 0.257 e. The Kier molecular flexibility index (Phi) is 5.25. The molecular weight excluding hydrogens is 358 g/mol. The molecule has 1 aromatic heterocycles. The summed E-state index contributed by atoms with van der Waals surface area (Å²) >= 11 is 3.36. The number of hydrogen-bond donors (Lipinski definition) is 2. The van der Waals surface area contributed by atoms with Crippen LogP contribution in [0, 0.1) is 0 Å². The zero-order chi connectivity index (χ0) is 16.1. The van der Waals surface area contributed by atoms with Gasteiger partial charge in [0.1, 0.15) is 5.82 Å². The van der Waals surface area contributed by atoms with Gasteiger partial charge in [0.25, 0.3) is 5.91 Å². The molecule has 3 rings (SSSR count). The molecule has 0 spiro atoms. The second kappa shape index (κ2) is 7.57. The molecule has 6 heteroatoms. The Balaban J connectivity index is 1.55. The van der Waals surface area contributed by atoms with Crippen LogP contribution in [0.15, 0.2) is 47.1 Å². The fourth-order valence-corrected chi connectivity index (χ4v) is 2.66. The van der Waals surface area contributed by atoms with Crippen LogP contribution in [0.1, 0.15) is 23.2 Å². The van der Waals surface area contributed by atoms with Gasteiger partial charge in [0.05, 0.1) is 11.7 Å². The third kappa shape index (κ3) is 4.53. The molecule has 0 bridgehead atoms. The van der Waals surface area contributed by atoms with Crippen molar-refractivity contribution in [1.29, 1.82) is 0 Å². The number of amides is 1. The maximum absolute atomic E-state index is 12.2. The second-order valence-corrected chi connectivity index (χ2v) is 6.32. The Morgan fingerprint density at radius 2 is 2.09 bits per heavy atom. The minimum absolute atomic E-state index is 0.175. The molecule has 120 valence electrons. The van der Waals surface area contributed by atoms with Crippen LogP contribution >= 0.6 is 15.9 Å². The first-order valence-electron chi connectivity index (χ1n) is 7.59. The van der Waals surface area contributed by atoms with Gasteiger partial charge >= 0.3 is 0 Å². The van der Waals surface area contributed by atoms with Crippen LogP contribution in [-0.4, -0.2) is 30.1 Å². The van der Waals surface area contributed by atoms with Crippen molar-refractivity contribution in [2.45, 2.75) is 18.9 Å². The molecule has 1 aromatic carbocycles. The molecule has 1 aliphatic rings. The number of carbonyl (C=O) groups is 1. The summed E-state index contributed by atoms with van der Waals surface area (Å²) in [6.45, 7) is 1.59. The molecule has 2 aromatic rings. The normalized spacial score (nSPS) is 17.0. The van der Waals surface area contributed by atoms with Crippen molar-refractivity contribution in [3.63, 3.8) is 0 Å². The largest absolute Gasteiger partial charge is 0.376 e. The number of nitrogens with one attached hydrogen (secondary N) is 2. The molecule has 0 saturated carbocycles. The molecule has 1 unspecified atom stereocenters. The van der Waals surface area contributed by atoms with Gasteiger partial charge in [0, 0.05) is 29.5 Å². The van der Waals surface area contributed by atoms with Crippen molar-refractivity contribution >= 4 is 33.3 Å². The number of pyridine rings is 1. The highest BCUT2D eigenvalue weighted by atomic mass is 79.9. The summed E-state index contributed by atoms with van der Waals surface area (Å²) in [4.78, 5) is 16.5. The summed E-state index contributed by atoms with van der Waals surface area (Å²) in [5.74, 6) is 0.575. The number of nitrogens with zero attached hydrogens (tertiary/aromatic N) is 1. The van der Waals surface area contributed by atoms with Crippen molar-refractivity contribution in [3.8, 4) is 0 Å². The zero-order valence-corrected chi connectivity index (χ0v) is 14.2. The summed E-state index contributed by atoms with van der Waals surface area (Å²) in [5.41, 5.74) is 1.27. The first-order chi connectivity index (χ1) is 11.2. The average Bonchev–Trinajstić information content (AvgIpc) is 3.09. The monoisotopic (exact) mass is 375 g/mol. The Labute approximate surface area is 143 Å². The number of hydrogen-bond acceptors (Lipinski definition) is 4. The van der Waals surface area contributed by atoms with Crippen LogP contribution in [-0.2, 0) is 4.74 Å². The maximum atomic E-state index is 12.2. The first-order valence-corrected chi connectivity index (χ1v) is 8.38. The lowest BCUT2D eigenvalue weighted by atomic mass is 10.2. The van der Waals surface area contributed by atoms with Crippen molar-refractivity contribution in [2.75, 3.05) is 23.8 Å². The predicted molar refractivity (Wildman–Crippen MR) is 93.8 cm³/mol. The molecule has 1 aliphatic heterocycles. The van der Waals surface area contributed by atoms with Crippen LogP contribution < -0.4 is 10.6 Å². The molecule has 1 amide bonds. The van der Waals surface area contributed by atoms with Gasteiger partial charge in [-0.05, 0) is 49.2 Å². The minimum atomic E-state index is -0.175. The summed E-state index contributed by atoms with van der Waals surface area (Å²) in [6, 6.07) is 11.0. The molecule has 23 heavy (non-hydrogen) atoms. The van der Waals surface area contributed by atoms with Gasteiger partial charge in [-0.25, -0.2) is 4.98 Å². The number of anilines is 2. The average molecular weight is 376 g/mol. The second-order valence-electron chi connectivity index (χ2n) is 5.41. The van der Waals surface area contributed by atoms with Crippen molar-refractivity contribution in [1.82, 2.24) is 4.98 Å². The van der Waals surface area contributed by atoms with E-state index in [9.17, 15) is 4.79 Å². The quantitative estimate of drug-likeness (QED) is 0.836. The van der Waals surface area contributed by atoms with Crippen molar-refractivity contribution in [3.05, 3.63) is 52.6 Å². The summed E-state index contributed by atoms with van der Waals surface area (Å²) in [6.07, 6.45) is 4.04. The highest BCUT2D eigenvalue weighted by Crippen LogP contribution is 2.16. The van der Waals surface area contributed by atoms with E-state index in [4.69, 9.17) is 4.74 Å². The molecule has 1 saturated heterocycles. The fraction of sp³-hybridized carbons (Fsp3) is 0.294. The molecule has 1 atom stereocenters. The van der Waals surface area contributed by atoms with Gasteiger partial charge in [0.15, 0.2) is 0 Å². The number of halogens is 1. The van der Waals surface area contributed by atoms with Crippen LogP contribution in [0.3, 0.4) is 0 Å². The topological polar surface area (TPSA) is 63.2 Å². The fourth-order valence-electron chi connectivity index (χ4n) is 2.39. The SMILES string of the molecule is O=C(Nc1ccc(Br)cc1)c1ccc(NCC2CCCO2)nc1. The third-order valence-electron chi connectivity index (χ3n) is 3.66. The standard InChI is InChI=1S/C17H18BrN3O2/c18-13-4-6-14(7-5-13)21-17(22)12-3-8-16(19-10-12)20-11-15-2-1-9-23-15/h3-8,10,15H,1-2,9,11H2,(H,19,20)(H,21,22). The van der Waals surface area contributed by atoms with E-state index < -0.39 is 0 Å². The highest BCUT2D eigenvalue weighted by molar-refractivity contribution is 9.10.